The number of nitro groups is 1. The lowest BCUT2D eigenvalue weighted by Crippen LogP contribution is -2.32. The van der Waals surface area contributed by atoms with Gasteiger partial charge >= 0.3 is 6.18 Å². The summed E-state index contributed by atoms with van der Waals surface area (Å²) in [6.07, 6.45) is -4.43. The van der Waals surface area contributed by atoms with E-state index in [1.54, 1.807) is 6.07 Å². The van der Waals surface area contributed by atoms with Gasteiger partial charge in [-0.3, -0.25) is 24.8 Å². The third-order valence-corrected chi connectivity index (χ3v) is 5.46. The maximum atomic E-state index is 12.8. The average Bonchev–Trinajstić information content (AvgIpc) is 3.14. The number of carbonyl (C=O) groups is 1. The number of amidine groups is 1. The summed E-state index contributed by atoms with van der Waals surface area (Å²) in [5.41, 5.74) is -0.610. The Kier molecular flexibility index (Phi) is 6.13. The molecule has 1 aliphatic heterocycles. The predicted molar refractivity (Wildman–Crippen MR) is 104 cm³/mol. The Bertz CT molecular complexity index is 998. The van der Waals surface area contributed by atoms with Crippen LogP contribution < -0.4 is 0 Å². The highest BCUT2D eigenvalue weighted by atomic mass is 35.5. The second-order valence-electron chi connectivity index (χ2n) is 6.03. The number of hydrogen-bond acceptors (Lipinski definition) is 5. The molecular formula is C18H13ClF3N3O3S. The summed E-state index contributed by atoms with van der Waals surface area (Å²) in [6, 6.07) is 8.68. The monoisotopic (exact) mass is 443 g/mol. The molecule has 0 unspecified atom stereocenters. The summed E-state index contributed by atoms with van der Waals surface area (Å²) >= 11 is 6.90. The number of amides is 1. The number of nitrogens with zero attached hydrogens (tertiary/aromatic N) is 3. The van der Waals surface area contributed by atoms with Crippen molar-refractivity contribution in [3.05, 3.63) is 74.3 Å². The van der Waals surface area contributed by atoms with E-state index in [1.165, 1.54) is 23.1 Å². The van der Waals surface area contributed by atoms with Crippen LogP contribution in [0.2, 0.25) is 5.02 Å². The van der Waals surface area contributed by atoms with Crippen LogP contribution in [0, 0.1) is 10.1 Å². The van der Waals surface area contributed by atoms with Crippen LogP contribution in [0.5, 0.6) is 0 Å². The van der Waals surface area contributed by atoms with E-state index in [-0.39, 0.29) is 28.6 Å². The molecule has 0 bridgehead atoms. The van der Waals surface area contributed by atoms with E-state index in [0.29, 0.717) is 17.3 Å². The lowest BCUT2D eigenvalue weighted by molar-refractivity contribution is -0.384. The normalized spacial score (nSPS) is 14.1. The Balaban J connectivity index is 1.73. The van der Waals surface area contributed by atoms with Crippen molar-refractivity contribution in [3.63, 3.8) is 0 Å². The molecular weight excluding hydrogens is 431 g/mol. The first-order chi connectivity index (χ1) is 13.7. The van der Waals surface area contributed by atoms with Gasteiger partial charge in [-0.1, -0.05) is 41.6 Å². The number of nitro benzene ring substituents is 1. The van der Waals surface area contributed by atoms with Crippen molar-refractivity contribution in [2.75, 3.05) is 13.1 Å². The average molecular weight is 444 g/mol. The van der Waals surface area contributed by atoms with Crippen molar-refractivity contribution in [2.24, 2.45) is 4.99 Å². The SMILES string of the molecule is O=C(c1ccc(Cl)c([N+](=O)[O-])c1)N1CCN=C1SCc1cccc(C(F)(F)F)c1. The van der Waals surface area contributed by atoms with Gasteiger partial charge < -0.3 is 0 Å². The maximum absolute atomic E-state index is 12.8. The van der Waals surface area contributed by atoms with Crippen LogP contribution in [0.4, 0.5) is 18.9 Å². The number of halogens is 4. The summed E-state index contributed by atoms with van der Waals surface area (Å²) in [6.45, 7) is 0.618. The molecule has 1 aliphatic rings. The number of thioether (sulfide) groups is 1. The minimum atomic E-state index is -4.43. The Morgan fingerprint density at radius 1 is 1.28 bits per heavy atom. The van der Waals surface area contributed by atoms with Gasteiger partial charge in [0.1, 0.15) is 5.02 Å². The summed E-state index contributed by atoms with van der Waals surface area (Å²) in [5.74, 6) is -0.301. The lowest BCUT2D eigenvalue weighted by atomic mass is 10.1. The Hall–Kier alpha value is -2.59. The molecule has 1 heterocycles. The highest BCUT2D eigenvalue weighted by Crippen LogP contribution is 2.31. The molecule has 0 radical (unpaired) electrons. The molecule has 0 atom stereocenters. The molecule has 2 aromatic rings. The van der Waals surface area contributed by atoms with E-state index in [2.05, 4.69) is 4.99 Å². The summed E-state index contributed by atoms with van der Waals surface area (Å²) in [7, 11) is 0. The molecule has 0 saturated carbocycles. The molecule has 0 fully saturated rings. The van der Waals surface area contributed by atoms with Crippen molar-refractivity contribution in [2.45, 2.75) is 11.9 Å². The standard InChI is InChI=1S/C18H13ClF3N3O3S/c19-14-5-4-12(9-15(14)25(27)28)16(26)24-7-6-23-17(24)29-10-11-2-1-3-13(8-11)18(20,21)22/h1-5,8-9H,6-7,10H2. The second-order valence-corrected chi connectivity index (χ2v) is 7.38. The molecule has 0 N–H and O–H groups in total. The third-order valence-electron chi connectivity index (χ3n) is 4.06. The number of aliphatic imine (C=N–C) groups is 1. The number of rotatable bonds is 4. The number of hydrogen-bond donors (Lipinski definition) is 0. The molecule has 29 heavy (non-hydrogen) atoms. The Labute approximate surface area is 172 Å². The van der Waals surface area contributed by atoms with E-state index in [0.717, 1.165) is 30.0 Å². The van der Waals surface area contributed by atoms with Gasteiger partial charge in [0.2, 0.25) is 0 Å². The second kappa shape index (κ2) is 8.42. The highest BCUT2D eigenvalue weighted by Gasteiger charge is 2.31. The molecule has 152 valence electrons. The van der Waals surface area contributed by atoms with Crippen LogP contribution in [-0.2, 0) is 11.9 Å². The van der Waals surface area contributed by atoms with Crippen molar-refractivity contribution >= 4 is 40.1 Å². The zero-order valence-corrected chi connectivity index (χ0v) is 16.2. The summed E-state index contributed by atoms with van der Waals surface area (Å²) < 4.78 is 38.5. The fourth-order valence-corrected chi connectivity index (χ4v) is 3.84. The quantitative estimate of drug-likeness (QED) is 0.491. The largest absolute Gasteiger partial charge is 0.416 e. The fraction of sp³-hybridized carbons (Fsp3) is 0.222. The molecule has 2 aromatic carbocycles. The van der Waals surface area contributed by atoms with Gasteiger partial charge in [-0.25, -0.2) is 0 Å². The van der Waals surface area contributed by atoms with Crippen molar-refractivity contribution in [1.29, 1.82) is 0 Å². The van der Waals surface area contributed by atoms with E-state index in [1.807, 2.05) is 0 Å². The molecule has 0 aliphatic carbocycles. The topological polar surface area (TPSA) is 75.8 Å². The predicted octanol–water partition coefficient (Wildman–Crippen LogP) is 5.01. The molecule has 6 nitrogen and oxygen atoms in total. The van der Waals surface area contributed by atoms with E-state index < -0.39 is 22.6 Å². The van der Waals surface area contributed by atoms with E-state index in [9.17, 15) is 28.1 Å². The molecule has 0 spiro atoms. The number of benzene rings is 2. The Morgan fingerprint density at radius 2 is 2.03 bits per heavy atom. The van der Waals surface area contributed by atoms with Crippen molar-refractivity contribution < 1.29 is 22.9 Å². The minimum absolute atomic E-state index is 0.0790. The fourth-order valence-electron chi connectivity index (χ4n) is 2.67. The minimum Gasteiger partial charge on any atom is -0.286 e. The first-order valence-corrected chi connectivity index (χ1v) is 9.62. The van der Waals surface area contributed by atoms with Gasteiger partial charge in [0.05, 0.1) is 17.0 Å². The van der Waals surface area contributed by atoms with Gasteiger partial charge in [0.15, 0.2) is 5.17 Å². The molecule has 3 rings (SSSR count). The van der Waals surface area contributed by atoms with Crippen LogP contribution in [0.3, 0.4) is 0 Å². The first-order valence-electron chi connectivity index (χ1n) is 8.26. The summed E-state index contributed by atoms with van der Waals surface area (Å²) in [5, 5.41) is 11.3. The van der Waals surface area contributed by atoms with E-state index >= 15 is 0 Å². The van der Waals surface area contributed by atoms with Crippen LogP contribution >= 0.6 is 23.4 Å². The van der Waals surface area contributed by atoms with Gasteiger partial charge in [0, 0.05) is 23.9 Å². The molecule has 11 heteroatoms. The Morgan fingerprint density at radius 3 is 2.72 bits per heavy atom. The van der Waals surface area contributed by atoms with Crippen LogP contribution in [0.25, 0.3) is 0 Å². The number of carbonyl (C=O) groups excluding carboxylic acids is 1. The van der Waals surface area contributed by atoms with Crippen molar-refractivity contribution in [3.8, 4) is 0 Å². The van der Waals surface area contributed by atoms with Crippen LogP contribution in [-0.4, -0.2) is 34.0 Å². The van der Waals surface area contributed by atoms with Gasteiger partial charge in [-0.15, -0.1) is 0 Å². The summed E-state index contributed by atoms with van der Waals surface area (Å²) in [4.78, 5) is 28.7. The molecule has 1 amide bonds. The lowest BCUT2D eigenvalue weighted by Gasteiger charge is -2.18. The first kappa shape index (κ1) is 21.1. The van der Waals surface area contributed by atoms with E-state index in [4.69, 9.17) is 11.6 Å². The third kappa shape index (κ3) is 4.88. The number of alkyl halides is 3. The molecule has 0 saturated heterocycles. The highest BCUT2D eigenvalue weighted by molar-refractivity contribution is 8.13. The van der Waals surface area contributed by atoms with Crippen LogP contribution in [0.1, 0.15) is 21.5 Å². The molecule has 0 aromatic heterocycles. The zero-order valence-electron chi connectivity index (χ0n) is 14.6. The van der Waals surface area contributed by atoms with Crippen molar-refractivity contribution in [1.82, 2.24) is 4.90 Å². The smallest absolute Gasteiger partial charge is 0.286 e. The van der Waals surface area contributed by atoms with Gasteiger partial charge in [-0.2, -0.15) is 13.2 Å². The zero-order chi connectivity index (χ0) is 21.2. The van der Waals surface area contributed by atoms with Gasteiger partial charge in [-0.05, 0) is 23.8 Å². The van der Waals surface area contributed by atoms with Gasteiger partial charge in [0.25, 0.3) is 11.6 Å². The van der Waals surface area contributed by atoms with Crippen LogP contribution in [0.15, 0.2) is 47.5 Å². The maximum Gasteiger partial charge on any atom is 0.416 e.